The molecule has 36 heavy (non-hydrogen) atoms. The number of nitrogens with one attached hydrogen (secondary N) is 2. The van der Waals surface area contributed by atoms with Crippen LogP contribution in [-0.2, 0) is 4.79 Å². The maximum Gasteiger partial charge on any atom is 0.248 e. The van der Waals surface area contributed by atoms with Gasteiger partial charge in [0.15, 0.2) is 11.0 Å². The van der Waals surface area contributed by atoms with E-state index in [0.717, 1.165) is 17.0 Å². The molecule has 3 aromatic carbocycles. The molecular weight excluding hydrogens is 541 g/mol. The van der Waals surface area contributed by atoms with Gasteiger partial charge in [0.25, 0.3) is 0 Å². The van der Waals surface area contributed by atoms with E-state index in [1.54, 1.807) is 37.4 Å². The molecule has 0 aliphatic carbocycles. The summed E-state index contributed by atoms with van der Waals surface area (Å²) >= 11 is 19.5. The number of rotatable bonds is 9. The molecule has 0 saturated carbocycles. The van der Waals surface area contributed by atoms with Crippen molar-refractivity contribution in [3.05, 3.63) is 93.9 Å². The van der Waals surface area contributed by atoms with Crippen molar-refractivity contribution in [3.63, 3.8) is 0 Å². The van der Waals surface area contributed by atoms with E-state index in [-0.39, 0.29) is 11.7 Å². The second-order valence-electron chi connectivity index (χ2n) is 7.41. The number of carbonyl (C=O) groups excluding carboxylic acids is 1. The first-order chi connectivity index (χ1) is 17.4. The Morgan fingerprint density at radius 2 is 1.67 bits per heavy atom. The standard InChI is InChI=1S/C25H20Cl3N5O2S/c1-15(21-12-7-18(27)13-22(21)28)29-30-23(34)14-36-25-32-31-24(16-3-10-20(35-2)11-4-16)33(25)19-8-5-17(26)6-9-19/h3-13,29H,1,14H2,2H3,(H,30,34). The lowest BCUT2D eigenvalue weighted by atomic mass is 10.2. The third-order valence-corrected chi connectivity index (χ3v) is 6.74. The second kappa shape index (κ2) is 11.7. The van der Waals surface area contributed by atoms with E-state index in [1.165, 1.54) is 11.8 Å². The van der Waals surface area contributed by atoms with Gasteiger partial charge in [0.05, 0.1) is 23.6 Å². The summed E-state index contributed by atoms with van der Waals surface area (Å²) in [6, 6.07) is 19.8. The lowest BCUT2D eigenvalue weighted by molar-refractivity contribution is -0.119. The largest absolute Gasteiger partial charge is 0.497 e. The molecule has 0 aliphatic rings. The zero-order valence-corrected chi connectivity index (χ0v) is 22.0. The molecule has 4 aromatic rings. The molecule has 0 aliphatic heterocycles. The summed E-state index contributed by atoms with van der Waals surface area (Å²) in [5, 5.41) is 10.8. The van der Waals surface area contributed by atoms with Gasteiger partial charge in [0, 0.05) is 26.9 Å². The maximum atomic E-state index is 12.6. The van der Waals surface area contributed by atoms with Crippen LogP contribution in [0.1, 0.15) is 5.56 Å². The third-order valence-electron chi connectivity index (χ3n) is 5.01. The van der Waals surface area contributed by atoms with Crippen molar-refractivity contribution in [3.8, 4) is 22.8 Å². The van der Waals surface area contributed by atoms with Gasteiger partial charge in [-0.3, -0.25) is 20.2 Å². The fourth-order valence-electron chi connectivity index (χ4n) is 3.23. The smallest absolute Gasteiger partial charge is 0.248 e. The number of carbonyl (C=O) groups is 1. The average Bonchev–Trinajstić information content (AvgIpc) is 3.30. The first-order valence-corrected chi connectivity index (χ1v) is 12.7. The number of ether oxygens (including phenoxy) is 1. The minimum Gasteiger partial charge on any atom is -0.497 e. The van der Waals surface area contributed by atoms with Crippen LogP contribution in [0.15, 0.2) is 78.5 Å². The number of methoxy groups -OCH3 is 1. The SMILES string of the molecule is C=C(NNC(=O)CSc1nnc(-c2ccc(OC)cc2)n1-c1ccc(Cl)cc1)c1ccc(Cl)cc1Cl. The molecule has 184 valence electrons. The predicted octanol–water partition coefficient (Wildman–Crippen LogP) is 6.29. The highest BCUT2D eigenvalue weighted by molar-refractivity contribution is 7.99. The number of amides is 1. The monoisotopic (exact) mass is 559 g/mol. The van der Waals surface area contributed by atoms with Gasteiger partial charge in [-0.05, 0) is 66.7 Å². The van der Waals surface area contributed by atoms with Gasteiger partial charge < -0.3 is 4.74 Å². The van der Waals surface area contributed by atoms with E-state index in [9.17, 15) is 4.79 Å². The minimum atomic E-state index is -0.289. The maximum absolute atomic E-state index is 12.6. The van der Waals surface area contributed by atoms with Crippen LogP contribution in [-0.4, -0.2) is 33.5 Å². The number of nitrogens with zero attached hydrogens (tertiary/aromatic N) is 3. The zero-order valence-electron chi connectivity index (χ0n) is 19.0. The van der Waals surface area contributed by atoms with Crippen LogP contribution in [0.2, 0.25) is 15.1 Å². The highest BCUT2D eigenvalue weighted by Gasteiger charge is 2.18. The molecule has 0 radical (unpaired) electrons. The van der Waals surface area contributed by atoms with Crippen molar-refractivity contribution in [2.75, 3.05) is 12.9 Å². The zero-order chi connectivity index (χ0) is 25.7. The molecule has 7 nitrogen and oxygen atoms in total. The molecule has 11 heteroatoms. The molecular formula is C25H20Cl3N5O2S. The average molecular weight is 561 g/mol. The molecule has 0 atom stereocenters. The normalized spacial score (nSPS) is 10.7. The summed E-state index contributed by atoms with van der Waals surface area (Å²) in [5.41, 5.74) is 8.11. The molecule has 1 amide bonds. The number of aromatic nitrogens is 3. The predicted molar refractivity (Wildman–Crippen MR) is 146 cm³/mol. The van der Waals surface area contributed by atoms with Gasteiger partial charge in [0.1, 0.15) is 5.75 Å². The van der Waals surface area contributed by atoms with E-state index in [2.05, 4.69) is 27.6 Å². The van der Waals surface area contributed by atoms with Crippen molar-refractivity contribution in [1.29, 1.82) is 0 Å². The van der Waals surface area contributed by atoms with Crippen LogP contribution in [0.3, 0.4) is 0 Å². The highest BCUT2D eigenvalue weighted by atomic mass is 35.5. The molecule has 0 spiro atoms. The van der Waals surface area contributed by atoms with Crippen molar-refractivity contribution in [1.82, 2.24) is 25.6 Å². The van der Waals surface area contributed by atoms with Gasteiger partial charge >= 0.3 is 0 Å². The Morgan fingerprint density at radius 1 is 0.972 bits per heavy atom. The van der Waals surface area contributed by atoms with Gasteiger partial charge in [-0.15, -0.1) is 10.2 Å². The Labute approximate surface area is 227 Å². The number of hydrazine groups is 1. The highest BCUT2D eigenvalue weighted by Crippen LogP contribution is 2.30. The molecule has 0 saturated heterocycles. The van der Waals surface area contributed by atoms with Gasteiger partial charge in [-0.25, -0.2) is 0 Å². The quantitative estimate of drug-likeness (QED) is 0.185. The van der Waals surface area contributed by atoms with Gasteiger partial charge in [0.2, 0.25) is 5.91 Å². The summed E-state index contributed by atoms with van der Waals surface area (Å²) in [6.45, 7) is 3.91. The van der Waals surface area contributed by atoms with E-state index in [4.69, 9.17) is 39.5 Å². The Hall–Kier alpha value is -3.17. The van der Waals surface area contributed by atoms with Crippen LogP contribution in [0, 0.1) is 0 Å². The first kappa shape index (κ1) is 25.9. The van der Waals surface area contributed by atoms with E-state index in [1.807, 2.05) is 41.0 Å². The molecule has 0 fully saturated rings. The van der Waals surface area contributed by atoms with Crippen molar-refractivity contribution in [2.24, 2.45) is 0 Å². The Bertz CT molecular complexity index is 1390. The van der Waals surface area contributed by atoms with Crippen molar-refractivity contribution >= 4 is 58.2 Å². The number of hydrogen-bond donors (Lipinski definition) is 2. The summed E-state index contributed by atoms with van der Waals surface area (Å²) < 4.78 is 7.12. The number of halogens is 3. The topological polar surface area (TPSA) is 81.1 Å². The Balaban J connectivity index is 1.49. The van der Waals surface area contributed by atoms with Gasteiger partial charge in [-0.2, -0.15) is 0 Å². The van der Waals surface area contributed by atoms with Crippen LogP contribution >= 0.6 is 46.6 Å². The van der Waals surface area contributed by atoms with Crippen LogP contribution < -0.4 is 15.6 Å². The van der Waals surface area contributed by atoms with Crippen LogP contribution in [0.4, 0.5) is 0 Å². The molecule has 1 aromatic heterocycles. The number of hydrogen-bond acceptors (Lipinski definition) is 6. The number of benzene rings is 3. The molecule has 2 N–H and O–H groups in total. The third kappa shape index (κ3) is 6.14. The molecule has 4 rings (SSSR count). The summed E-state index contributed by atoms with van der Waals surface area (Å²) in [4.78, 5) is 12.6. The lowest BCUT2D eigenvalue weighted by Gasteiger charge is -2.13. The molecule has 1 heterocycles. The van der Waals surface area contributed by atoms with Crippen LogP contribution in [0.5, 0.6) is 5.75 Å². The lowest BCUT2D eigenvalue weighted by Crippen LogP contribution is -2.37. The summed E-state index contributed by atoms with van der Waals surface area (Å²) in [7, 11) is 1.61. The second-order valence-corrected chi connectivity index (χ2v) is 9.63. The van der Waals surface area contributed by atoms with Crippen molar-refractivity contribution < 1.29 is 9.53 Å². The fraction of sp³-hybridized carbons (Fsp3) is 0.0800. The van der Waals surface area contributed by atoms with E-state index >= 15 is 0 Å². The first-order valence-electron chi connectivity index (χ1n) is 10.5. The van der Waals surface area contributed by atoms with Crippen LogP contribution in [0.25, 0.3) is 22.8 Å². The van der Waals surface area contributed by atoms with E-state index < -0.39 is 0 Å². The Morgan fingerprint density at radius 3 is 2.33 bits per heavy atom. The Kier molecular flexibility index (Phi) is 8.43. The van der Waals surface area contributed by atoms with Crippen molar-refractivity contribution in [2.45, 2.75) is 5.16 Å². The van der Waals surface area contributed by atoms with E-state index in [0.29, 0.717) is 37.3 Å². The molecule has 0 unspecified atom stereocenters. The minimum absolute atomic E-state index is 0.0724. The molecule has 0 bridgehead atoms. The fourth-order valence-corrected chi connectivity index (χ4v) is 4.63. The summed E-state index contributed by atoms with van der Waals surface area (Å²) in [5.74, 6) is 1.13. The van der Waals surface area contributed by atoms with Gasteiger partial charge in [-0.1, -0.05) is 53.1 Å². The summed E-state index contributed by atoms with van der Waals surface area (Å²) in [6.07, 6.45) is 0. The number of thioether (sulfide) groups is 1.